The number of ether oxygens (including phenoxy) is 1. The number of halogens is 2. The molecular formula is C21H21BrFN3O4S. The Hall–Kier alpha value is -2.27. The molecule has 4 rings (SSSR count). The van der Waals surface area contributed by atoms with E-state index >= 15 is 0 Å². The van der Waals surface area contributed by atoms with Gasteiger partial charge in [-0.3, -0.25) is 4.90 Å². The zero-order chi connectivity index (χ0) is 21.8. The molecule has 31 heavy (non-hydrogen) atoms. The number of nitrogens with one attached hydrogen (secondary N) is 1. The van der Waals surface area contributed by atoms with Crippen LogP contribution in [-0.2, 0) is 14.6 Å². The summed E-state index contributed by atoms with van der Waals surface area (Å²) in [7, 11) is -3.99. The van der Waals surface area contributed by atoms with Crippen molar-refractivity contribution in [3.05, 3.63) is 58.8 Å². The summed E-state index contributed by atoms with van der Waals surface area (Å²) in [6, 6.07) is 12.2. The number of benzene rings is 2. The van der Waals surface area contributed by atoms with E-state index in [1.165, 1.54) is 24.3 Å². The van der Waals surface area contributed by atoms with E-state index in [-0.39, 0.29) is 27.3 Å². The average Bonchev–Trinajstić information content (AvgIpc) is 3.20. The molecule has 1 saturated heterocycles. The Labute approximate surface area is 188 Å². The monoisotopic (exact) mass is 509 g/mol. The molecule has 0 saturated carbocycles. The molecule has 2 heterocycles. The number of hydrogen-bond acceptors (Lipinski definition) is 7. The molecule has 1 aliphatic rings. The molecule has 0 amide bonds. The molecule has 0 bridgehead atoms. The Morgan fingerprint density at radius 2 is 1.81 bits per heavy atom. The van der Waals surface area contributed by atoms with Gasteiger partial charge in [-0.2, -0.15) is 4.98 Å². The average molecular weight is 510 g/mol. The highest BCUT2D eigenvalue weighted by molar-refractivity contribution is 9.10. The van der Waals surface area contributed by atoms with Gasteiger partial charge in [0, 0.05) is 30.7 Å². The van der Waals surface area contributed by atoms with Crippen LogP contribution in [0.2, 0.25) is 0 Å². The fraction of sp³-hybridized carbons (Fsp3) is 0.286. The zero-order valence-corrected chi connectivity index (χ0v) is 19.0. The van der Waals surface area contributed by atoms with Gasteiger partial charge < -0.3 is 14.5 Å². The lowest BCUT2D eigenvalue weighted by molar-refractivity contribution is 0.0398. The molecule has 164 valence electrons. The Kier molecular flexibility index (Phi) is 6.71. The van der Waals surface area contributed by atoms with E-state index in [1.807, 2.05) is 0 Å². The molecule has 1 aliphatic heterocycles. The van der Waals surface area contributed by atoms with Crippen LogP contribution in [0.25, 0.3) is 11.5 Å². The van der Waals surface area contributed by atoms with Crippen LogP contribution in [0.15, 0.2) is 67.3 Å². The predicted octanol–water partition coefficient (Wildman–Crippen LogP) is 3.82. The lowest BCUT2D eigenvalue weighted by atomic mass is 10.2. The second-order valence-corrected chi connectivity index (χ2v) is 9.75. The summed E-state index contributed by atoms with van der Waals surface area (Å²) in [5.41, 5.74) is 0.0935. The number of rotatable bonds is 7. The molecule has 3 aromatic rings. The third-order valence-electron chi connectivity index (χ3n) is 4.90. The SMILES string of the molecule is O=S(=O)(c1ccc(Br)cc1)c1nc(-c2ccccc2F)oc1NCCN1CCOCC1. The molecule has 0 aliphatic carbocycles. The van der Waals surface area contributed by atoms with Crippen molar-refractivity contribution in [3.8, 4) is 11.5 Å². The maximum absolute atomic E-state index is 14.3. The van der Waals surface area contributed by atoms with Crippen molar-refractivity contribution < 1.29 is 22.0 Å². The number of hydrogen-bond donors (Lipinski definition) is 1. The summed E-state index contributed by atoms with van der Waals surface area (Å²) in [6.45, 7) is 4.07. The van der Waals surface area contributed by atoms with Gasteiger partial charge in [0.05, 0.1) is 23.7 Å². The topological polar surface area (TPSA) is 84.7 Å². The van der Waals surface area contributed by atoms with Crippen LogP contribution in [0.3, 0.4) is 0 Å². The predicted molar refractivity (Wildman–Crippen MR) is 117 cm³/mol. The molecule has 0 spiro atoms. The van der Waals surface area contributed by atoms with Gasteiger partial charge >= 0.3 is 0 Å². The van der Waals surface area contributed by atoms with E-state index in [1.54, 1.807) is 24.3 Å². The quantitative estimate of drug-likeness (QED) is 0.518. The Bertz CT molecular complexity index is 1150. The van der Waals surface area contributed by atoms with Crippen LogP contribution in [-0.4, -0.2) is 57.7 Å². The van der Waals surface area contributed by atoms with Crippen LogP contribution in [0, 0.1) is 5.82 Å². The first-order chi connectivity index (χ1) is 14.9. The largest absolute Gasteiger partial charge is 0.419 e. The van der Waals surface area contributed by atoms with Gasteiger partial charge in [-0.15, -0.1) is 0 Å². The summed E-state index contributed by atoms with van der Waals surface area (Å²) >= 11 is 3.30. The van der Waals surface area contributed by atoms with Crippen LogP contribution in [0.1, 0.15) is 0 Å². The Morgan fingerprint density at radius 3 is 2.52 bits per heavy atom. The van der Waals surface area contributed by atoms with E-state index in [9.17, 15) is 12.8 Å². The van der Waals surface area contributed by atoms with Crippen molar-refractivity contribution in [1.82, 2.24) is 9.88 Å². The van der Waals surface area contributed by atoms with Crippen molar-refractivity contribution in [2.75, 3.05) is 44.7 Å². The highest BCUT2D eigenvalue weighted by Gasteiger charge is 2.29. The number of morpholine rings is 1. The minimum absolute atomic E-state index is 0.00516. The van der Waals surface area contributed by atoms with Crippen molar-refractivity contribution in [2.24, 2.45) is 0 Å². The highest BCUT2D eigenvalue weighted by Crippen LogP contribution is 2.33. The Balaban J connectivity index is 1.66. The first-order valence-corrected chi connectivity index (χ1v) is 12.0. The van der Waals surface area contributed by atoms with Crippen LogP contribution < -0.4 is 5.32 Å². The first kappa shape index (κ1) is 21.9. The normalized spacial score (nSPS) is 15.2. The maximum Gasteiger partial charge on any atom is 0.233 e. The molecule has 2 aromatic carbocycles. The lowest BCUT2D eigenvalue weighted by Gasteiger charge is -2.26. The van der Waals surface area contributed by atoms with Crippen molar-refractivity contribution in [3.63, 3.8) is 0 Å². The second kappa shape index (κ2) is 9.47. The van der Waals surface area contributed by atoms with Crippen LogP contribution in [0.4, 0.5) is 10.3 Å². The molecule has 1 fully saturated rings. The molecule has 0 atom stereocenters. The van der Waals surface area contributed by atoms with Gasteiger partial charge in [0.25, 0.3) is 0 Å². The molecule has 0 radical (unpaired) electrons. The van der Waals surface area contributed by atoms with Gasteiger partial charge in [-0.1, -0.05) is 28.1 Å². The number of sulfone groups is 1. The van der Waals surface area contributed by atoms with Crippen molar-refractivity contribution in [2.45, 2.75) is 9.92 Å². The van der Waals surface area contributed by atoms with Gasteiger partial charge in [0.1, 0.15) is 5.82 Å². The third-order valence-corrected chi connectivity index (χ3v) is 7.10. The van der Waals surface area contributed by atoms with E-state index < -0.39 is 15.7 Å². The minimum atomic E-state index is -3.99. The van der Waals surface area contributed by atoms with Crippen molar-refractivity contribution >= 4 is 31.7 Å². The summed E-state index contributed by atoms with van der Waals surface area (Å²) < 4.78 is 52.6. The maximum atomic E-state index is 14.3. The fourth-order valence-electron chi connectivity index (χ4n) is 3.23. The molecule has 1 N–H and O–H groups in total. The van der Waals surface area contributed by atoms with Crippen LogP contribution >= 0.6 is 15.9 Å². The summed E-state index contributed by atoms with van der Waals surface area (Å²) in [5, 5.41) is 2.77. The standard InChI is InChI=1S/C21H21BrFN3O4S/c22-15-5-7-16(8-6-15)31(27,28)21-20(24-9-10-26-11-13-29-14-12-26)30-19(25-21)17-3-1-2-4-18(17)23/h1-8,24H,9-14H2. The minimum Gasteiger partial charge on any atom is -0.419 e. The van der Waals surface area contributed by atoms with Gasteiger partial charge in [-0.25, -0.2) is 12.8 Å². The lowest BCUT2D eigenvalue weighted by Crippen LogP contribution is -2.39. The van der Waals surface area contributed by atoms with Gasteiger partial charge in [0.15, 0.2) is 0 Å². The van der Waals surface area contributed by atoms with E-state index in [4.69, 9.17) is 9.15 Å². The number of aromatic nitrogens is 1. The van der Waals surface area contributed by atoms with E-state index in [0.29, 0.717) is 26.3 Å². The first-order valence-electron chi connectivity index (χ1n) is 9.75. The highest BCUT2D eigenvalue weighted by atomic mass is 79.9. The molecule has 10 heteroatoms. The van der Waals surface area contributed by atoms with Gasteiger partial charge in [0.2, 0.25) is 26.6 Å². The van der Waals surface area contributed by atoms with E-state index in [0.717, 1.165) is 17.6 Å². The number of oxazole rings is 1. The van der Waals surface area contributed by atoms with Crippen molar-refractivity contribution in [1.29, 1.82) is 0 Å². The summed E-state index contributed by atoms with van der Waals surface area (Å²) in [5.74, 6) is -0.645. The molecule has 1 aromatic heterocycles. The van der Waals surface area contributed by atoms with Crippen LogP contribution in [0.5, 0.6) is 0 Å². The fourth-order valence-corrected chi connectivity index (χ4v) is 4.77. The number of anilines is 1. The zero-order valence-electron chi connectivity index (χ0n) is 16.6. The number of nitrogens with zero attached hydrogens (tertiary/aromatic N) is 2. The van der Waals surface area contributed by atoms with Gasteiger partial charge in [-0.05, 0) is 36.4 Å². The molecule has 7 nitrogen and oxygen atoms in total. The smallest absolute Gasteiger partial charge is 0.233 e. The molecular weight excluding hydrogens is 489 g/mol. The second-order valence-electron chi connectivity index (χ2n) is 6.97. The Morgan fingerprint density at radius 1 is 1.10 bits per heavy atom. The molecule has 0 unspecified atom stereocenters. The third kappa shape index (κ3) is 4.98. The summed E-state index contributed by atoms with van der Waals surface area (Å²) in [4.78, 5) is 6.45. The van der Waals surface area contributed by atoms with E-state index in [2.05, 4.69) is 31.1 Å². The summed E-state index contributed by atoms with van der Waals surface area (Å²) in [6.07, 6.45) is 0.